The lowest BCUT2D eigenvalue weighted by molar-refractivity contribution is -0.452. The third-order valence-electron chi connectivity index (χ3n) is 4.50. The number of ether oxygens (including phenoxy) is 1. The summed E-state index contributed by atoms with van der Waals surface area (Å²) in [7, 11) is -0.149. The molecular formula is C17H12F15NO2. The zero-order valence-electron chi connectivity index (χ0n) is 16.9. The maximum absolute atomic E-state index is 14.2. The van der Waals surface area contributed by atoms with Gasteiger partial charge >= 0.3 is 47.8 Å². The first kappa shape index (κ1) is 30.5. The highest BCUT2D eigenvalue weighted by molar-refractivity contribution is 5.89. The predicted octanol–water partition coefficient (Wildman–Crippen LogP) is 6.63. The van der Waals surface area contributed by atoms with E-state index in [0.717, 1.165) is 0 Å². The van der Waals surface area contributed by atoms with Crippen LogP contribution in [0.2, 0.25) is 0 Å². The van der Waals surface area contributed by atoms with E-state index in [1.807, 2.05) is 0 Å². The van der Waals surface area contributed by atoms with Gasteiger partial charge in [0.25, 0.3) is 0 Å². The molecule has 0 heterocycles. The predicted molar refractivity (Wildman–Crippen MR) is 86.5 cm³/mol. The Morgan fingerprint density at radius 1 is 0.686 bits per heavy atom. The quantitative estimate of drug-likeness (QED) is 0.198. The topological polar surface area (TPSA) is 29.5 Å². The molecule has 0 atom stereocenters. The van der Waals surface area contributed by atoms with E-state index in [1.165, 1.54) is 6.92 Å². The third-order valence-corrected chi connectivity index (χ3v) is 4.50. The highest BCUT2D eigenvalue weighted by Gasteiger charge is 2.93. The van der Waals surface area contributed by atoms with Gasteiger partial charge in [-0.1, -0.05) is 0 Å². The van der Waals surface area contributed by atoms with Gasteiger partial charge in [-0.05, 0) is 31.2 Å². The number of carbonyl (C=O) groups is 1. The normalized spacial score (nSPS) is 14.7. The minimum Gasteiger partial charge on any atom is -0.462 e. The van der Waals surface area contributed by atoms with Crippen molar-refractivity contribution in [2.45, 2.75) is 48.8 Å². The molecule has 1 aromatic rings. The van der Waals surface area contributed by atoms with Gasteiger partial charge in [0.15, 0.2) is 0 Å². The lowest BCUT2D eigenvalue weighted by Gasteiger charge is -2.43. The van der Waals surface area contributed by atoms with E-state index in [0.29, 0.717) is 24.3 Å². The first-order valence-corrected chi connectivity index (χ1v) is 8.70. The van der Waals surface area contributed by atoms with E-state index >= 15 is 0 Å². The fourth-order valence-electron chi connectivity index (χ4n) is 2.37. The number of halogens is 15. The molecule has 0 amide bonds. The third kappa shape index (κ3) is 4.43. The molecule has 0 bridgehead atoms. The largest absolute Gasteiger partial charge is 0.462 e. The molecule has 0 aliphatic heterocycles. The van der Waals surface area contributed by atoms with Gasteiger partial charge in [0.2, 0.25) is 0 Å². The summed E-state index contributed by atoms with van der Waals surface area (Å²) in [6, 6.07) is -4.63. The number of hydrogen-bond acceptors (Lipinski definition) is 3. The average Bonchev–Trinajstić information content (AvgIpc) is 2.71. The van der Waals surface area contributed by atoms with Crippen LogP contribution in [0.1, 0.15) is 17.3 Å². The van der Waals surface area contributed by atoms with E-state index in [9.17, 15) is 70.7 Å². The maximum Gasteiger partial charge on any atom is 0.460 e. The Labute approximate surface area is 185 Å². The average molecular weight is 547 g/mol. The summed E-state index contributed by atoms with van der Waals surface area (Å²) in [5, 5.41) is 0. The molecule has 35 heavy (non-hydrogen) atoms. The Bertz CT molecular complexity index is 909. The van der Waals surface area contributed by atoms with Crippen molar-refractivity contribution in [2.75, 3.05) is 18.6 Å². The summed E-state index contributed by atoms with van der Waals surface area (Å²) in [6.07, 6.45) is -7.66. The van der Waals surface area contributed by atoms with Gasteiger partial charge in [0.1, 0.15) is 0 Å². The van der Waals surface area contributed by atoms with E-state index in [1.54, 1.807) is 0 Å². The van der Waals surface area contributed by atoms with Gasteiger partial charge < -0.3 is 9.64 Å². The minimum absolute atomic E-state index is 0.149. The van der Waals surface area contributed by atoms with Crippen LogP contribution in [0.4, 0.5) is 71.5 Å². The fourth-order valence-corrected chi connectivity index (χ4v) is 2.37. The van der Waals surface area contributed by atoms with Crippen molar-refractivity contribution in [1.82, 2.24) is 0 Å². The monoisotopic (exact) mass is 547 g/mol. The number of hydrogen-bond donors (Lipinski definition) is 0. The van der Waals surface area contributed by atoms with Gasteiger partial charge in [-0.25, -0.2) is 4.79 Å². The molecule has 1 aromatic carbocycles. The molecule has 0 aliphatic rings. The Kier molecular flexibility index (Phi) is 7.69. The van der Waals surface area contributed by atoms with E-state index < -0.39 is 64.0 Å². The molecule has 202 valence electrons. The van der Waals surface area contributed by atoms with Crippen LogP contribution in [0.25, 0.3) is 0 Å². The van der Waals surface area contributed by atoms with Gasteiger partial charge in [-0.2, -0.15) is 65.9 Å². The van der Waals surface area contributed by atoms with Crippen molar-refractivity contribution < 1.29 is 75.4 Å². The molecule has 0 aliphatic carbocycles. The van der Waals surface area contributed by atoms with Crippen LogP contribution in [0.3, 0.4) is 0 Å². The van der Waals surface area contributed by atoms with Gasteiger partial charge in [0.05, 0.1) is 12.2 Å². The van der Waals surface area contributed by atoms with E-state index in [4.69, 9.17) is 0 Å². The second-order valence-corrected chi connectivity index (χ2v) is 6.74. The standard InChI is InChI=1S/C17H12F15NO2/c1-3-35-10(34)8-4-6-9(7-5-8)33(2)17(31,32)15(26,27)13(22,23)11(18,19)12(20,21)14(24,25)16(28,29)30/h4-7H,3H2,1-2H3. The molecule has 0 spiro atoms. The molecule has 0 N–H and O–H groups in total. The van der Waals surface area contributed by atoms with Gasteiger partial charge in [-0.3, -0.25) is 0 Å². The number of nitrogens with zero attached hydrogens (tertiary/aromatic N) is 1. The lowest BCUT2D eigenvalue weighted by Crippen LogP contribution is -2.74. The maximum atomic E-state index is 14.2. The Morgan fingerprint density at radius 3 is 1.43 bits per heavy atom. The molecular weight excluding hydrogens is 535 g/mol. The first-order chi connectivity index (χ1) is 15.4. The van der Waals surface area contributed by atoms with Crippen molar-refractivity contribution in [3.63, 3.8) is 0 Å². The zero-order valence-corrected chi connectivity index (χ0v) is 16.9. The Hall–Kier alpha value is -2.56. The van der Waals surface area contributed by atoms with Crippen molar-refractivity contribution in [3.8, 4) is 0 Å². The molecule has 3 nitrogen and oxygen atoms in total. The molecule has 0 saturated heterocycles. The summed E-state index contributed by atoms with van der Waals surface area (Å²) in [6.45, 7) is 1.18. The van der Waals surface area contributed by atoms with Crippen LogP contribution >= 0.6 is 0 Å². The van der Waals surface area contributed by atoms with E-state index in [-0.39, 0.29) is 13.7 Å². The highest BCUT2D eigenvalue weighted by atomic mass is 19.4. The van der Waals surface area contributed by atoms with Gasteiger partial charge in [-0.15, -0.1) is 0 Å². The molecule has 0 aromatic heterocycles. The summed E-state index contributed by atoms with van der Waals surface area (Å²) < 4.78 is 204. The number of alkyl halides is 15. The van der Waals surface area contributed by atoms with Crippen molar-refractivity contribution >= 4 is 11.7 Å². The van der Waals surface area contributed by atoms with Gasteiger partial charge in [0, 0.05) is 12.7 Å². The van der Waals surface area contributed by atoms with Crippen molar-refractivity contribution in [3.05, 3.63) is 29.8 Å². The van der Waals surface area contributed by atoms with Crippen molar-refractivity contribution in [1.29, 1.82) is 0 Å². The van der Waals surface area contributed by atoms with Crippen LogP contribution in [0.5, 0.6) is 0 Å². The Balaban J connectivity index is 3.51. The molecule has 0 saturated carbocycles. The number of anilines is 1. The summed E-state index contributed by atoms with van der Waals surface area (Å²) in [5.74, 6) is -41.6. The highest BCUT2D eigenvalue weighted by Crippen LogP contribution is 2.62. The van der Waals surface area contributed by atoms with Crippen LogP contribution in [0, 0.1) is 0 Å². The summed E-state index contributed by atoms with van der Waals surface area (Å²) in [5.41, 5.74) is -1.63. The molecule has 1 rings (SSSR count). The molecule has 18 heteroatoms. The number of rotatable bonds is 9. The fraction of sp³-hybridized carbons (Fsp3) is 0.588. The second-order valence-electron chi connectivity index (χ2n) is 6.74. The van der Waals surface area contributed by atoms with Crippen LogP contribution in [0.15, 0.2) is 24.3 Å². The van der Waals surface area contributed by atoms with Crippen molar-refractivity contribution in [2.24, 2.45) is 0 Å². The molecule has 0 radical (unpaired) electrons. The lowest BCUT2D eigenvalue weighted by atomic mass is 9.92. The minimum atomic E-state index is -8.36. The van der Waals surface area contributed by atoms with Crippen LogP contribution in [-0.2, 0) is 4.74 Å². The van der Waals surface area contributed by atoms with E-state index in [2.05, 4.69) is 4.74 Å². The zero-order chi connectivity index (χ0) is 28.1. The summed E-state index contributed by atoms with van der Waals surface area (Å²) >= 11 is 0. The number of benzene rings is 1. The molecule has 0 fully saturated rings. The first-order valence-electron chi connectivity index (χ1n) is 8.70. The number of esters is 1. The SMILES string of the molecule is CCOC(=O)c1ccc(N(C)C(F)(F)C(F)(F)C(F)(F)C(F)(F)C(F)(F)C(F)(F)C(F)(F)F)cc1. The smallest absolute Gasteiger partial charge is 0.460 e. The van der Waals surface area contributed by atoms with Crippen LogP contribution < -0.4 is 4.90 Å². The van der Waals surface area contributed by atoms with Crippen LogP contribution in [-0.4, -0.2) is 61.5 Å². The summed E-state index contributed by atoms with van der Waals surface area (Å²) in [4.78, 5) is 10.3. The molecule has 0 unspecified atom stereocenters. The number of carbonyl (C=O) groups excluding carboxylic acids is 1. The second kappa shape index (κ2) is 8.83. The Morgan fingerprint density at radius 2 is 1.06 bits per heavy atom.